The summed E-state index contributed by atoms with van der Waals surface area (Å²) in [7, 11) is 0. The highest BCUT2D eigenvalue weighted by Crippen LogP contribution is 2.19. The highest BCUT2D eigenvalue weighted by Gasteiger charge is 2.24. The molecule has 2 rings (SSSR count). The summed E-state index contributed by atoms with van der Waals surface area (Å²) in [4.78, 5) is 0. The predicted octanol–water partition coefficient (Wildman–Crippen LogP) is 1.13. The molecule has 0 aliphatic carbocycles. The first-order valence-electron chi connectivity index (χ1n) is 4.00. The van der Waals surface area contributed by atoms with Gasteiger partial charge in [-0.05, 0) is 13.3 Å². The SMILES string of the molecule is CC1OCCC1Nc1nncs1. The van der Waals surface area contributed by atoms with Gasteiger partial charge in [-0.15, -0.1) is 10.2 Å². The van der Waals surface area contributed by atoms with Crippen LogP contribution < -0.4 is 5.32 Å². The van der Waals surface area contributed by atoms with Crippen LogP contribution in [0, 0.1) is 0 Å². The lowest BCUT2D eigenvalue weighted by atomic mass is 10.2. The monoisotopic (exact) mass is 185 g/mol. The van der Waals surface area contributed by atoms with E-state index in [1.54, 1.807) is 5.51 Å². The van der Waals surface area contributed by atoms with Gasteiger partial charge in [0.1, 0.15) is 5.51 Å². The topological polar surface area (TPSA) is 47.0 Å². The molecule has 1 fully saturated rings. The smallest absolute Gasteiger partial charge is 0.205 e. The van der Waals surface area contributed by atoms with E-state index in [-0.39, 0.29) is 6.10 Å². The van der Waals surface area contributed by atoms with Crippen LogP contribution in [0.5, 0.6) is 0 Å². The molecule has 0 spiro atoms. The highest BCUT2D eigenvalue weighted by molar-refractivity contribution is 7.13. The maximum Gasteiger partial charge on any atom is 0.205 e. The number of anilines is 1. The van der Waals surface area contributed by atoms with Crippen molar-refractivity contribution in [2.24, 2.45) is 0 Å². The lowest BCUT2D eigenvalue weighted by Crippen LogP contribution is -2.26. The molecular weight excluding hydrogens is 174 g/mol. The Hall–Kier alpha value is -0.680. The van der Waals surface area contributed by atoms with Crippen molar-refractivity contribution in [1.82, 2.24) is 10.2 Å². The van der Waals surface area contributed by atoms with Gasteiger partial charge in [0.25, 0.3) is 0 Å². The molecule has 1 aromatic rings. The maximum atomic E-state index is 5.41. The minimum atomic E-state index is 0.286. The van der Waals surface area contributed by atoms with Crippen LogP contribution in [0.1, 0.15) is 13.3 Å². The second-order valence-corrected chi connectivity index (χ2v) is 3.69. The minimum absolute atomic E-state index is 0.286. The van der Waals surface area contributed by atoms with Crippen LogP contribution in [-0.2, 0) is 4.74 Å². The molecule has 0 amide bonds. The quantitative estimate of drug-likeness (QED) is 0.750. The van der Waals surface area contributed by atoms with Gasteiger partial charge < -0.3 is 10.1 Å². The first kappa shape index (κ1) is 7.94. The second kappa shape index (κ2) is 3.37. The highest BCUT2D eigenvalue weighted by atomic mass is 32.1. The zero-order valence-corrected chi connectivity index (χ0v) is 7.67. The molecule has 4 nitrogen and oxygen atoms in total. The van der Waals surface area contributed by atoms with Crippen molar-refractivity contribution in [3.8, 4) is 0 Å². The Morgan fingerprint density at radius 2 is 2.67 bits per heavy atom. The van der Waals surface area contributed by atoms with E-state index in [4.69, 9.17) is 4.74 Å². The fraction of sp³-hybridized carbons (Fsp3) is 0.714. The summed E-state index contributed by atoms with van der Waals surface area (Å²) in [5.74, 6) is 0. The van der Waals surface area contributed by atoms with Crippen LogP contribution in [0.2, 0.25) is 0 Å². The third-order valence-electron chi connectivity index (χ3n) is 2.05. The normalized spacial score (nSPS) is 29.1. The number of aromatic nitrogens is 2. The molecule has 12 heavy (non-hydrogen) atoms. The van der Waals surface area contributed by atoms with Crippen LogP contribution in [0.4, 0.5) is 5.13 Å². The van der Waals surface area contributed by atoms with E-state index in [1.807, 2.05) is 0 Å². The summed E-state index contributed by atoms with van der Waals surface area (Å²) in [6, 6.07) is 0.401. The van der Waals surface area contributed by atoms with Gasteiger partial charge in [0, 0.05) is 6.61 Å². The van der Waals surface area contributed by atoms with E-state index in [0.29, 0.717) is 6.04 Å². The molecule has 1 saturated heterocycles. The Morgan fingerprint density at radius 1 is 1.75 bits per heavy atom. The first-order chi connectivity index (χ1) is 5.86. The van der Waals surface area contributed by atoms with Gasteiger partial charge in [0.05, 0.1) is 12.1 Å². The zero-order chi connectivity index (χ0) is 8.39. The lowest BCUT2D eigenvalue weighted by molar-refractivity contribution is 0.121. The Labute approximate surface area is 75.0 Å². The van der Waals surface area contributed by atoms with Crippen molar-refractivity contribution in [3.63, 3.8) is 0 Å². The van der Waals surface area contributed by atoms with Gasteiger partial charge >= 0.3 is 0 Å². The Bertz CT molecular complexity index is 239. The summed E-state index contributed by atoms with van der Waals surface area (Å²) in [5.41, 5.74) is 1.73. The van der Waals surface area contributed by atoms with E-state index in [2.05, 4.69) is 22.4 Å². The van der Waals surface area contributed by atoms with Gasteiger partial charge in [-0.3, -0.25) is 0 Å². The summed E-state index contributed by atoms with van der Waals surface area (Å²) in [6.07, 6.45) is 1.34. The zero-order valence-electron chi connectivity index (χ0n) is 6.86. The van der Waals surface area contributed by atoms with Crippen molar-refractivity contribution in [2.45, 2.75) is 25.5 Å². The van der Waals surface area contributed by atoms with E-state index in [1.165, 1.54) is 11.3 Å². The molecule has 0 aromatic carbocycles. The molecule has 1 aromatic heterocycles. The number of hydrogen-bond donors (Lipinski definition) is 1. The molecule has 0 bridgehead atoms. The van der Waals surface area contributed by atoms with Gasteiger partial charge in [-0.1, -0.05) is 11.3 Å². The Morgan fingerprint density at radius 3 is 3.25 bits per heavy atom. The third-order valence-corrected chi connectivity index (χ3v) is 2.67. The van der Waals surface area contributed by atoms with Crippen molar-refractivity contribution >= 4 is 16.5 Å². The molecule has 1 aliphatic heterocycles. The molecule has 0 saturated carbocycles. The van der Waals surface area contributed by atoms with E-state index in [0.717, 1.165) is 18.2 Å². The number of ether oxygens (including phenoxy) is 1. The number of nitrogens with one attached hydrogen (secondary N) is 1. The maximum absolute atomic E-state index is 5.41. The predicted molar refractivity (Wildman–Crippen MR) is 47.4 cm³/mol. The largest absolute Gasteiger partial charge is 0.376 e. The number of rotatable bonds is 2. The first-order valence-corrected chi connectivity index (χ1v) is 4.88. The fourth-order valence-corrected chi connectivity index (χ4v) is 1.82. The molecular formula is C7H11N3OS. The number of hydrogen-bond acceptors (Lipinski definition) is 5. The van der Waals surface area contributed by atoms with Crippen molar-refractivity contribution in [3.05, 3.63) is 5.51 Å². The molecule has 1 N–H and O–H groups in total. The second-order valence-electron chi connectivity index (χ2n) is 2.86. The average molecular weight is 185 g/mol. The van der Waals surface area contributed by atoms with E-state index < -0.39 is 0 Å². The van der Waals surface area contributed by atoms with Crippen molar-refractivity contribution < 1.29 is 4.74 Å². The summed E-state index contributed by atoms with van der Waals surface area (Å²) in [6.45, 7) is 2.92. The van der Waals surface area contributed by atoms with E-state index in [9.17, 15) is 0 Å². The Kier molecular flexibility index (Phi) is 2.23. The standard InChI is InChI=1S/C7H11N3OS/c1-5-6(2-3-11-5)9-7-10-8-4-12-7/h4-6H,2-3H2,1H3,(H,9,10). The summed E-state index contributed by atoms with van der Waals surface area (Å²) < 4.78 is 5.41. The van der Waals surface area contributed by atoms with Crippen LogP contribution >= 0.6 is 11.3 Å². The summed E-state index contributed by atoms with van der Waals surface area (Å²) >= 11 is 1.52. The number of nitrogens with zero attached hydrogens (tertiary/aromatic N) is 2. The average Bonchev–Trinajstić information content (AvgIpc) is 2.65. The van der Waals surface area contributed by atoms with Crippen LogP contribution in [-0.4, -0.2) is 29.0 Å². The molecule has 1 aliphatic rings. The minimum Gasteiger partial charge on any atom is -0.376 e. The summed E-state index contributed by atoms with van der Waals surface area (Å²) in [5, 5.41) is 11.8. The molecule has 2 unspecified atom stereocenters. The molecule has 2 atom stereocenters. The molecule has 5 heteroatoms. The third kappa shape index (κ3) is 1.56. The van der Waals surface area contributed by atoms with Gasteiger partial charge in [0.2, 0.25) is 5.13 Å². The fourth-order valence-electron chi connectivity index (χ4n) is 1.32. The van der Waals surface area contributed by atoms with Crippen LogP contribution in [0.3, 0.4) is 0 Å². The van der Waals surface area contributed by atoms with Crippen molar-refractivity contribution in [1.29, 1.82) is 0 Å². The van der Waals surface area contributed by atoms with E-state index >= 15 is 0 Å². The van der Waals surface area contributed by atoms with Gasteiger partial charge in [-0.2, -0.15) is 0 Å². The van der Waals surface area contributed by atoms with Crippen molar-refractivity contribution in [2.75, 3.05) is 11.9 Å². The molecule has 2 heterocycles. The lowest BCUT2D eigenvalue weighted by Gasteiger charge is -2.13. The molecule has 0 radical (unpaired) electrons. The van der Waals surface area contributed by atoms with Crippen LogP contribution in [0.15, 0.2) is 5.51 Å². The molecule has 66 valence electrons. The Balaban J connectivity index is 1.95. The van der Waals surface area contributed by atoms with Gasteiger partial charge in [-0.25, -0.2) is 0 Å². The van der Waals surface area contributed by atoms with Crippen LogP contribution in [0.25, 0.3) is 0 Å². The van der Waals surface area contributed by atoms with Gasteiger partial charge in [0.15, 0.2) is 0 Å².